The number of rotatable bonds is 6. The number of carbonyl (C=O) groups excluding carboxylic acids is 1. The van der Waals surface area contributed by atoms with E-state index in [0.717, 1.165) is 16.7 Å². The molecule has 2 rings (SSSR count). The zero-order valence-electron chi connectivity index (χ0n) is 11.2. The number of aromatic nitrogens is 2. The van der Waals surface area contributed by atoms with Crippen molar-refractivity contribution >= 4 is 27.5 Å². The van der Waals surface area contributed by atoms with Gasteiger partial charge in [-0.1, -0.05) is 22.0 Å². The Hall–Kier alpha value is -1.66. The molecule has 0 aliphatic rings. The molecule has 0 saturated heterocycles. The summed E-state index contributed by atoms with van der Waals surface area (Å²) in [6, 6.07) is 9.57. The number of amides is 1. The van der Waals surface area contributed by atoms with E-state index in [-0.39, 0.29) is 18.5 Å². The molecule has 20 heavy (non-hydrogen) atoms. The largest absolute Gasteiger partial charge is 0.325 e. The second-order valence-electron chi connectivity index (χ2n) is 4.57. The lowest BCUT2D eigenvalue weighted by Gasteiger charge is -2.13. The van der Waals surface area contributed by atoms with Crippen molar-refractivity contribution in [2.75, 3.05) is 11.9 Å². The Morgan fingerprint density at radius 3 is 3.00 bits per heavy atom. The Bertz CT molecular complexity index is 556. The Balaban J connectivity index is 1.74. The summed E-state index contributed by atoms with van der Waals surface area (Å²) in [5.41, 5.74) is 0.783. The summed E-state index contributed by atoms with van der Waals surface area (Å²) in [4.78, 5) is 11.8. The highest BCUT2D eigenvalue weighted by molar-refractivity contribution is 9.10. The molecule has 0 fully saturated rings. The first-order valence-corrected chi connectivity index (χ1v) is 7.19. The molecule has 0 saturated carbocycles. The Morgan fingerprint density at radius 1 is 1.45 bits per heavy atom. The topological polar surface area (TPSA) is 59.0 Å². The van der Waals surface area contributed by atoms with Gasteiger partial charge in [0.1, 0.15) is 0 Å². The number of benzene rings is 1. The van der Waals surface area contributed by atoms with Gasteiger partial charge in [0.25, 0.3) is 0 Å². The molecular weight excluding hydrogens is 320 g/mol. The summed E-state index contributed by atoms with van der Waals surface area (Å²) in [5.74, 6) is -0.0598. The first kappa shape index (κ1) is 14.7. The van der Waals surface area contributed by atoms with E-state index in [4.69, 9.17) is 0 Å². The standard InChI is InChI=1S/C14H17BrN4O/c1-11(10-19-7-3-6-17-19)16-9-14(20)18-13-5-2-4-12(15)8-13/h2-8,11,16H,9-10H2,1H3,(H,18,20). The summed E-state index contributed by atoms with van der Waals surface area (Å²) >= 11 is 3.37. The lowest BCUT2D eigenvalue weighted by Crippen LogP contribution is -2.36. The van der Waals surface area contributed by atoms with E-state index in [2.05, 4.69) is 31.7 Å². The minimum atomic E-state index is -0.0598. The molecule has 0 aliphatic heterocycles. The van der Waals surface area contributed by atoms with Crippen LogP contribution in [0.15, 0.2) is 47.2 Å². The van der Waals surface area contributed by atoms with E-state index >= 15 is 0 Å². The smallest absolute Gasteiger partial charge is 0.238 e. The second-order valence-corrected chi connectivity index (χ2v) is 5.48. The minimum Gasteiger partial charge on any atom is -0.325 e. The highest BCUT2D eigenvalue weighted by Gasteiger charge is 2.07. The summed E-state index contributed by atoms with van der Waals surface area (Å²) in [6.07, 6.45) is 3.65. The molecule has 6 heteroatoms. The van der Waals surface area contributed by atoms with Crippen LogP contribution < -0.4 is 10.6 Å². The van der Waals surface area contributed by atoms with E-state index in [0.29, 0.717) is 0 Å². The van der Waals surface area contributed by atoms with Crippen molar-refractivity contribution in [2.45, 2.75) is 19.5 Å². The number of carbonyl (C=O) groups is 1. The van der Waals surface area contributed by atoms with E-state index in [1.165, 1.54) is 0 Å². The molecule has 5 nitrogen and oxygen atoms in total. The van der Waals surface area contributed by atoms with Gasteiger partial charge in [-0.15, -0.1) is 0 Å². The van der Waals surface area contributed by atoms with Crippen LogP contribution in [0, 0.1) is 0 Å². The van der Waals surface area contributed by atoms with E-state index in [1.54, 1.807) is 6.20 Å². The lowest BCUT2D eigenvalue weighted by molar-refractivity contribution is -0.115. The number of nitrogens with one attached hydrogen (secondary N) is 2. The summed E-state index contributed by atoms with van der Waals surface area (Å²) < 4.78 is 2.78. The number of halogens is 1. The zero-order valence-corrected chi connectivity index (χ0v) is 12.8. The van der Waals surface area contributed by atoms with Crippen LogP contribution in [0.4, 0.5) is 5.69 Å². The van der Waals surface area contributed by atoms with Gasteiger partial charge in [0, 0.05) is 28.6 Å². The van der Waals surface area contributed by atoms with Gasteiger partial charge in [0.2, 0.25) is 5.91 Å². The van der Waals surface area contributed by atoms with Crippen molar-refractivity contribution in [1.82, 2.24) is 15.1 Å². The molecule has 1 unspecified atom stereocenters. The van der Waals surface area contributed by atoms with Crippen LogP contribution in [-0.2, 0) is 11.3 Å². The van der Waals surface area contributed by atoms with Crippen molar-refractivity contribution in [1.29, 1.82) is 0 Å². The van der Waals surface area contributed by atoms with Gasteiger partial charge in [-0.05, 0) is 31.2 Å². The van der Waals surface area contributed by atoms with Gasteiger partial charge in [-0.25, -0.2) is 0 Å². The number of anilines is 1. The van der Waals surface area contributed by atoms with Crippen molar-refractivity contribution in [3.63, 3.8) is 0 Å². The van der Waals surface area contributed by atoms with Crippen LogP contribution in [-0.4, -0.2) is 28.3 Å². The molecule has 0 spiro atoms. The van der Waals surface area contributed by atoms with Crippen molar-refractivity contribution in [2.24, 2.45) is 0 Å². The van der Waals surface area contributed by atoms with Crippen LogP contribution in [0.1, 0.15) is 6.92 Å². The predicted molar refractivity (Wildman–Crippen MR) is 82.5 cm³/mol. The molecule has 2 N–H and O–H groups in total. The normalized spacial score (nSPS) is 12.1. The van der Waals surface area contributed by atoms with Gasteiger partial charge in [0.05, 0.1) is 13.1 Å². The molecule has 0 bridgehead atoms. The molecule has 1 heterocycles. The second kappa shape index (κ2) is 7.21. The fourth-order valence-corrected chi connectivity index (χ4v) is 2.19. The van der Waals surface area contributed by atoms with Gasteiger partial charge in [-0.3, -0.25) is 9.48 Å². The third-order valence-corrected chi connectivity index (χ3v) is 3.23. The molecule has 0 aliphatic carbocycles. The van der Waals surface area contributed by atoms with Gasteiger partial charge >= 0.3 is 0 Å². The lowest BCUT2D eigenvalue weighted by atomic mass is 10.3. The van der Waals surface area contributed by atoms with E-state index in [9.17, 15) is 4.79 Å². The number of hydrogen-bond acceptors (Lipinski definition) is 3. The highest BCUT2D eigenvalue weighted by atomic mass is 79.9. The van der Waals surface area contributed by atoms with Crippen molar-refractivity contribution in [3.05, 3.63) is 47.2 Å². The number of hydrogen-bond donors (Lipinski definition) is 2. The summed E-state index contributed by atoms with van der Waals surface area (Å²) in [6.45, 7) is 3.03. The third kappa shape index (κ3) is 4.79. The van der Waals surface area contributed by atoms with Gasteiger partial charge in [-0.2, -0.15) is 5.10 Å². The van der Waals surface area contributed by atoms with E-state index in [1.807, 2.05) is 48.1 Å². The van der Waals surface area contributed by atoms with Crippen LogP contribution in [0.3, 0.4) is 0 Å². The van der Waals surface area contributed by atoms with Gasteiger partial charge in [0.15, 0.2) is 0 Å². The average Bonchev–Trinajstić information content (AvgIpc) is 2.89. The molecule has 1 atom stereocenters. The predicted octanol–water partition coefficient (Wildman–Crippen LogP) is 2.26. The zero-order chi connectivity index (χ0) is 14.4. The highest BCUT2D eigenvalue weighted by Crippen LogP contribution is 2.15. The fraction of sp³-hybridized carbons (Fsp3) is 0.286. The first-order chi connectivity index (χ1) is 9.63. The summed E-state index contributed by atoms with van der Waals surface area (Å²) in [7, 11) is 0. The molecule has 106 valence electrons. The first-order valence-electron chi connectivity index (χ1n) is 6.40. The molecule has 1 amide bonds. The van der Waals surface area contributed by atoms with Crippen LogP contribution in [0.5, 0.6) is 0 Å². The summed E-state index contributed by atoms with van der Waals surface area (Å²) in [5, 5.41) is 10.1. The number of nitrogens with zero attached hydrogens (tertiary/aromatic N) is 2. The van der Waals surface area contributed by atoms with E-state index < -0.39 is 0 Å². The van der Waals surface area contributed by atoms with Gasteiger partial charge < -0.3 is 10.6 Å². The molecule has 1 aromatic heterocycles. The Kier molecular flexibility index (Phi) is 5.31. The Labute approximate surface area is 126 Å². The quantitative estimate of drug-likeness (QED) is 0.850. The fourth-order valence-electron chi connectivity index (χ4n) is 1.79. The SMILES string of the molecule is CC(Cn1cccn1)NCC(=O)Nc1cccc(Br)c1. The maximum Gasteiger partial charge on any atom is 0.238 e. The molecule has 2 aromatic rings. The minimum absolute atomic E-state index is 0.0598. The third-order valence-electron chi connectivity index (χ3n) is 2.74. The maximum atomic E-state index is 11.8. The molecule has 1 aromatic carbocycles. The molecular formula is C14H17BrN4O. The van der Waals surface area contributed by atoms with Crippen LogP contribution >= 0.6 is 15.9 Å². The Morgan fingerprint density at radius 2 is 2.30 bits per heavy atom. The van der Waals surface area contributed by atoms with Crippen LogP contribution in [0.2, 0.25) is 0 Å². The average molecular weight is 337 g/mol. The molecule has 0 radical (unpaired) electrons. The van der Waals surface area contributed by atoms with Crippen molar-refractivity contribution < 1.29 is 4.79 Å². The monoisotopic (exact) mass is 336 g/mol. The van der Waals surface area contributed by atoms with Crippen molar-refractivity contribution in [3.8, 4) is 0 Å². The van der Waals surface area contributed by atoms with Crippen LogP contribution in [0.25, 0.3) is 0 Å². The maximum absolute atomic E-state index is 11.8.